The second-order valence-electron chi connectivity index (χ2n) is 4.98. The number of ether oxygens (including phenoxy) is 1. The smallest absolute Gasteiger partial charge is 0.138 e. The van der Waals surface area contributed by atoms with Gasteiger partial charge in [-0.3, -0.25) is 0 Å². The van der Waals surface area contributed by atoms with E-state index < -0.39 is 0 Å². The standard InChI is InChI=1S/C12H24N4O/c1-9(2)16-12(14-8-15-16)6-11(13)5-10(3)7-17-4/h8-11H,5-7,13H2,1-4H3. The minimum Gasteiger partial charge on any atom is -0.384 e. The molecule has 98 valence electrons. The van der Waals surface area contributed by atoms with Crippen LogP contribution in [0.3, 0.4) is 0 Å². The Labute approximate surface area is 103 Å². The molecule has 0 radical (unpaired) electrons. The zero-order valence-electron chi connectivity index (χ0n) is 11.3. The highest BCUT2D eigenvalue weighted by atomic mass is 16.5. The molecule has 0 aromatic carbocycles. The first-order valence-electron chi connectivity index (χ1n) is 6.17. The molecule has 0 fully saturated rings. The lowest BCUT2D eigenvalue weighted by molar-refractivity contribution is 0.151. The van der Waals surface area contributed by atoms with Crippen LogP contribution in [0, 0.1) is 5.92 Å². The van der Waals surface area contributed by atoms with Gasteiger partial charge in [0.25, 0.3) is 0 Å². The first kappa shape index (κ1) is 14.1. The Balaban J connectivity index is 2.50. The predicted octanol–water partition coefficient (Wildman–Crippen LogP) is 1.40. The summed E-state index contributed by atoms with van der Waals surface area (Å²) in [6, 6.07) is 0.443. The average molecular weight is 240 g/mol. The van der Waals surface area contributed by atoms with Crippen LogP contribution in [0.4, 0.5) is 0 Å². The normalized spacial score (nSPS) is 15.2. The molecule has 0 aliphatic heterocycles. The van der Waals surface area contributed by atoms with E-state index in [1.165, 1.54) is 0 Å². The van der Waals surface area contributed by atoms with Crippen LogP contribution < -0.4 is 5.73 Å². The Hall–Kier alpha value is -0.940. The van der Waals surface area contributed by atoms with E-state index in [0.717, 1.165) is 25.3 Å². The first-order valence-corrected chi connectivity index (χ1v) is 6.17. The summed E-state index contributed by atoms with van der Waals surface area (Å²) in [4.78, 5) is 4.27. The van der Waals surface area contributed by atoms with Crippen LogP contribution in [-0.2, 0) is 11.2 Å². The van der Waals surface area contributed by atoms with Gasteiger partial charge in [-0.1, -0.05) is 6.92 Å². The molecule has 2 atom stereocenters. The first-order chi connectivity index (χ1) is 8.04. The lowest BCUT2D eigenvalue weighted by Gasteiger charge is -2.17. The number of methoxy groups -OCH3 is 1. The average Bonchev–Trinajstić information content (AvgIpc) is 2.65. The molecule has 1 aromatic rings. The lowest BCUT2D eigenvalue weighted by Crippen LogP contribution is -2.28. The van der Waals surface area contributed by atoms with Gasteiger partial charge >= 0.3 is 0 Å². The maximum Gasteiger partial charge on any atom is 0.138 e. The van der Waals surface area contributed by atoms with E-state index in [1.54, 1.807) is 13.4 Å². The van der Waals surface area contributed by atoms with Crippen molar-refractivity contribution in [3.05, 3.63) is 12.2 Å². The van der Waals surface area contributed by atoms with Gasteiger partial charge < -0.3 is 10.5 Å². The molecular weight excluding hydrogens is 216 g/mol. The molecule has 2 N–H and O–H groups in total. The SMILES string of the molecule is COCC(C)CC(N)Cc1ncnn1C(C)C. The molecule has 1 rings (SSSR count). The summed E-state index contributed by atoms with van der Waals surface area (Å²) in [5.41, 5.74) is 6.13. The molecule has 0 saturated heterocycles. The Bertz CT molecular complexity index is 324. The number of hydrogen-bond donors (Lipinski definition) is 1. The number of rotatable bonds is 7. The van der Waals surface area contributed by atoms with Gasteiger partial charge in [0, 0.05) is 32.2 Å². The van der Waals surface area contributed by atoms with Crippen LogP contribution in [-0.4, -0.2) is 34.5 Å². The fraction of sp³-hybridized carbons (Fsp3) is 0.833. The van der Waals surface area contributed by atoms with E-state index in [1.807, 2.05) is 4.68 Å². The Kier molecular flexibility index (Phi) is 5.58. The molecule has 5 heteroatoms. The highest BCUT2D eigenvalue weighted by molar-refractivity contribution is 4.90. The molecule has 0 spiro atoms. The Morgan fingerprint density at radius 1 is 1.41 bits per heavy atom. The summed E-state index contributed by atoms with van der Waals surface area (Å²) < 4.78 is 7.04. The van der Waals surface area contributed by atoms with Crippen molar-refractivity contribution in [3.8, 4) is 0 Å². The van der Waals surface area contributed by atoms with Crippen molar-refractivity contribution in [1.82, 2.24) is 14.8 Å². The van der Waals surface area contributed by atoms with Crippen molar-refractivity contribution in [2.75, 3.05) is 13.7 Å². The van der Waals surface area contributed by atoms with Gasteiger partial charge in [0.05, 0.1) is 0 Å². The van der Waals surface area contributed by atoms with E-state index in [0.29, 0.717) is 12.0 Å². The van der Waals surface area contributed by atoms with Crippen LogP contribution in [0.2, 0.25) is 0 Å². The highest BCUT2D eigenvalue weighted by Gasteiger charge is 2.14. The topological polar surface area (TPSA) is 66.0 Å². The molecule has 0 saturated carbocycles. The van der Waals surface area contributed by atoms with Crippen molar-refractivity contribution in [2.24, 2.45) is 11.7 Å². The van der Waals surface area contributed by atoms with Crippen LogP contribution in [0.1, 0.15) is 39.1 Å². The molecule has 2 unspecified atom stereocenters. The summed E-state index contributed by atoms with van der Waals surface area (Å²) in [5.74, 6) is 1.45. The lowest BCUT2D eigenvalue weighted by atomic mass is 10.0. The third kappa shape index (κ3) is 4.44. The van der Waals surface area contributed by atoms with Crippen molar-refractivity contribution in [1.29, 1.82) is 0 Å². The van der Waals surface area contributed by atoms with Gasteiger partial charge in [-0.05, 0) is 26.2 Å². The summed E-state index contributed by atoms with van der Waals surface area (Å²) in [6.07, 6.45) is 3.31. The zero-order chi connectivity index (χ0) is 12.8. The van der Waals surface area contributed by atoms with Crippen LogP contribution in [0.5, 0.6) is 0 Å². The molecule has 0 bridgehead atoms. The van der Waals surface area contributed by atoms with Crippen LogP contribution in [0.15, 0.2) is 6.33 Å². The number of nitrogens with zero attached hydrogens (tertiary/aromatic N) is 3. The number of hydrogen-bond acceptors (Lipinski definition) is 4. The van der Waals surface area contributed by atoms with Gasteiger partial charge in [-0.25, -0.2) is 9.67 Å². The Morgan fingerprint density at radius 2 is 2.12 bits per heavy atom. The van der Waals surface area contributed by atoms with E-state index in [9.17, 15) is 0 Å². The van der Waals surface area contributed by atoms with Crippen LogP contribution >= 0.6 is 0 Å². The molecular formula is C12H24N4O. The second-order valence-corrected chi connectivity index (χ2v) is 4.98. The van der Waals surface area contributed by atoms with Crippen molar-refractivity contribution < 1.29 is 4.74 Å². The van der Waals surface area contributed by atoms with E-state index in [2.05, 4.69) is 30.9 Å². The van der Waals surface area contributed by atoms with Gasteiger partial charge in [0.2, 0.25) is 0 Å². The molecule has 0 aliphatic rings. The number of aromatic nitrogens is 3. The summed E-state index contributed by atoms with van der Waals surface area (Å²) in [6.45, 7) is 7.09. The molecule has 0 amide bonds. The minimum atomic E-state index is 0.113. The molecule has 5 nitrogen and oxygen atoms in total. The van der Waals surface area contributed by atoms with Crippen molar-refractivity contribution in [2.45, 2.75) is 45.7 Å². The third-order valence-corrected chi connectivity index (χ3v) is 2.74. The highest BCUT2D eigenvalue weighted by Crippen LogP contribution is 2.11. The second kappa shape index (κ2) is 6.71. The van der Waals surface area contributed by atoms with Crippen molar-refractivity contribution in [3.63, 3.8) is 0 Å². The van der Waals surface area contributed by atoms with Gasteiger partial charge in [-0.15, -0.1) is 0 Å². The van der Waals surface area contributed by atoms with E-state index >= 15 is 0 Å². The van der Waals surface area contributed by atoms with E-state index in [-0.39, 0.29) is 6.04 Å². The van der Waals surface area contributed by atoms with Gasteiger partial charge in [0.1, 0.15) is 12.2 Å². The van der Waals surface area contributed by atoms with Gasteiger partial charge in [0.15, 0.2) is 0 Å². The third-order valence-electron chi connectivity index (χ3n) is 2.74. The maximum atomic E-state index is 6.13. The largest absolute Gasteiger partial charge is 0.384 e. The van der Waals surface area contributed by atoms with Crippen molar-refractivity contribution >= 4 is 0 Å². The molecule has 1 heterocycles. The fourth-order valence-electron chi connectivity index (χ4n) is 2.04. The predicted molar refractivity (Wildman–Crippen MR) is 67.7 cm³/mol. The maximum absolute atomic E-state index is 6.13. The molecule has 17 heavy (non-hydrogen) atoms. The fourth-order valence-corrected chi connectivity index (χ4v) is 2.04. The monoisotopic (exact) mass is 240 g/mol. The summed E-state index contributed by atoms with van der Waals surface area (Å²) >= 11 is 0. The van der Waals surface area contributed by atoms with E-state index in [4.69, 9.17) is 10.5 Å². The van der Waals surface area contributed by atoms with Crippen LogP contribution in [0.25, 0.3) is 0 Å². The Morgan fingerprint density at radius 3 is 2.71 bits per heavy atom. The summed E-state index contributed by atoms with van der Waals surface area (Å²) in [7, 11) is 1.72. The summed E-state index contributed by atoms with van der Waals surface area (Å²) in [5, 5.41) is 4.21. The minimum absolute atomic E-state index is 0.113. The molecule has 1 aromatic heterocycles. The zero-order valence-corrected chi connectivity index (χ0v) is 11.3. The van der Waals surface area contributed by atoms with Gasteiger partial charge in [-0.2, -0.15) is 5.10 Å². The quantitative estimate of drug-likeness (QED) is 0.782. The number of nitrogens with two attached hydrogens (primary N) is 1. The molecule has 0 aliphatic carbocycles.